The molecular weight excluding hydrogens is 382 g/mol. The van der Waals surface area contributed by atoms with Gasteiger partial charge in [0.2, 0.25) is 0 Å². The topological polar surface area (TPSA) is 61.4 Å². The molecule has 1 aliphatic rings. The lowest BCUT2D eigenvalue weighted by atomic mass is 9.95. The van der Waals surface area contributed by atoms with Crippen LogP contribution in [0.2, 0.25) is 0 Å². The van der Waals surface area contributed by atoms with Crippen LogP contribution in [-0.4, -0.2) is 30.0 Å². The second kappa shape index (κ2) is 9.65. The Morgan fingerprint density at radius 2 is 1.55 bits per heavy atom. The number of thiocarbonyl (C=S) groups is 1. The predicted octanol–water partition coefficient (Wildman–Crippen LogP) is 4.21. The molecule has 6 heteroatoms. The maximum absolute atomic E-state index is 12.9. The van der Waals surface area contributed by atoms with E-state index in [9.17, 15) is 9.59 Å². The van der Waals surface area contributed by atoms with Crippen molar-refractivity contribution in [2.75, 3.05) is 11.9 Å². The van der Waals surface area contributed by atoms with Crippen LogP contribution in [0.4, 0.5) is 5.69 Å². The molecule has 2 amide bonds. The van der Waals surface area contributed by atoms with E-state index >= 15 is 0 Å². The Kier molecular flexibility index (Phi) is 6.99. The molecule has 1 fully saturated rings. The van der Waals surface area contributed by atoms with Gasteiger partial charge in [-0.3, -0.25) is 14.9 Å². The molecule has 1 saturated carbocycles. The lowest BCUT2D eigenvalue weighted by Gasteiger charge is -2.26. The second-order valence-corrected chi connectivity index (χ2v) is 7.85. The van der Waals surface area contributed by atoms with E-state index in [1.807, 2.05) is 43.3 Å². The van der Waals surface area contributed by atoms with Crippen LogP contribution in [0.15, 0.2) is 48.5 Å². The van der Waals surface area contributed by atoms with Gasteiger partial charge in [-0.25, -0.2) is 0 Å². The lowest BCUT2D eigenvalue weighted by Crippen LogP contribution is -2.42. The molecule has 0 atom stereocenters. The van der Waals surface area contributed by atoms with Gasteiger partial charge < -0.3 is 10.2 Å². The van der Waals surface area contributed by atoms with Crippen LogP contribution in [0, 0.1) is 6.92 Å². The predicted molar refractivity (Wildman–Crippen MR) is 120 cm³/mol. The number of benzene rings is 2. The van der Waals surface area contributed by atoms with Crippen LogP contribution < -0.4 is 15.5 Å². The first-order chi connectivity index (χ1) is 14.0. The summed E-state index contributed by atoms with van der Waals surface area (Å²) >= 11 is 5.45. The van der Waals surface area contributed by atoms with Crippen molar-refractivity contribution < 1.29 is 9.59 Å². The van der Waals surface area contributed by atoms with Crippen LogP contribution in [0.3, 0.4) is 0 Å². The van der Waals surface area contributed by atoms with E-state index < -0.39 is 0 Å². The van der Waals surface area contributed by atoms with Gasteiger partial charge in [-0.1, -0.05) is 49.6 Å². The summed E-state index contributed by atoms with van der Waals surface area (Å²) in [5.74, 6) is -0.364. The van der Waals surface area contributed by atoms with E-state index in [0.29, 0.717) is 16.8 Å². The molecule has 0 radical (unpaired) electrons. The highest BCUT2D eigenvalue weighted by molar-refractivity contribution is 7.80. The minimum atomic E-state index is -0.260. The van der Waals surface area contributed by atoms with Gasteiger partial charge in [-0.2, -0.15) is 0 Å². The molecule has 1 aliphatic carbocycles. The third kappa shape index (κ3) is 5.21. The van der Waals surface area contributed by atoms with Crippen molar-refractivity contribution in [2.24, 2.45) is 0 Å². The summed E-state index contributed by atoms with van der Waals surface area (Å²) in [5.41, 5.74) is 2.67. The van der Waals surface area contributed by atoms with Gasteiger partial charge in [0, 0.05) is 18.7 Å². The first-order valence-corrected chi connectivity index (χ1v) is 10.4. The van der Waals surface area contributed by atoms with Crippen molar-refractivity contribution in [1.29, 1.82) is 0 Å². The van der Waals surface area contributed by atoms with Crippen molar-refractivity contribution in [3.63, 3.8) is 0 Å². The normalized spacial score (nSPS) is 14.1. The van der Waals surface area contributed by atoms with Gasteiger partial charge in [0.1, 0.15) is 0 Å². The SMILES string of the molecule is Cc1ccccc1C(=O)NC(=S)N(C)c1ccccc1C(=O)NC1CCCCC1. The molecule has 0 heterocycles. The Morgan fingerprint density at radius 3 is 2.24 bits per heavy atom. The highest BCUT2D eigenvalue weighted by Gasteiger charge is 2.21. The maximum Gasteiger partial charge on any atom is 0.257 e. The highest BCUT2D eigenvalue weighted by Crippen LogP contribution is 2.22. The second-order valence-electron chi connectivity index (χ2n) is 7.46. The number of carbonyl (C=O) groups is 2. The zero-order valence-corrected chi connectivity index (χ0v) is 17.7. The molecule has 0 spiro atoms. The smallest absolute Gasteiger partial charge is 0.257 e. The van der Waals surface area contributed by atoms with E-state index in [-0.39, 0.29) is 23.0 Å². The zero-order valence-electron chi connectivity index (χ0n) is 16.9. The molecule has 2 aromatic carbocycles. The van der Waals surface area contributed by atoms with Crippen LogP contribution in [0.1, 0.15) is 58.4 Å². The fraction of sp³-hybridized carbons (Fsp3) is 0.348. The first kappa shape index (κ1) is 21.0. The third-order valence-corrected chi connectivity index (χ3v) is 5.74. The number of hydrogen-bond donors (Lipinski definition) is 2. The molecule has 0 bridgehead atoms. The summed E-state index contributed by atoms with van der Waals surface area (Å²) in [4.78, 5) is 27.1. The summed E-state index contributed by atoms with van der Waals surface area (Å²) in [6, 6.07) is 14.9. The van der Waals surface area contributed by atoms with E-state index in [1.165, 1.54) is 6.42 Å². The van der Waals surface area contributed by atoms with E-state index in [1.54, 1.807) is 24.1 Å². The number of rotatable bonds is 4. The number of aryl methyl sites for hydroxylation is 1. The average Bonchev–Trinajstić information content (AvgIpc) is 2.74. The Bertz CT molecular complexity index is 907. The maximum atomic E-state index is 12.9. The Balaban J connectivity index is 1.72. The van der Waals surface area contributed by atoms with Crippen LogP contribution in [-0.2, 0) is 0 Å². The Hall–Kier alpha value is -2.73. The Morgan fingerprint density at radius 1 is 0.931 bits per heavy atom. The molecule has 0 aliphatic heterocycles. The fourth-order valence-electron chi connectivity index (χ4n) is 3.65. The highest BCUT2D eigenvalue weighted by atomic mass is 32.1. The minimum absolute atomic E-state index is 0.104. The van der Waals surface area contributed by atoms with Crippen LogP contribution in [0.25, 0.3) is 0 Å². The molecule has 2 aromatic rings. The number of para-hydroxylation sites is 1. The van der Waals surface area contributed by atoms with E-state index in [4.69, 9.17) is 12.2 Å². The van der Waals surface area contributed by atoms with Crippen molar-refractivity contribution in [1.82, 2.24) is 10.6 Å². The summed E-state index contributed by atoms with van der Waals surface area (Å²) < 4.78 is 0. The van der Waals surface area contributed by atoms with Gasteiger partial charge in [-0.15, -0.1) is 0 Å². The number of nitrogens with zero attached hydrogens (tertiary/aromatic N) is 1. The fourth-order valence-corrected chi connectivity index (χ4v) is 3.84. The van der Waals surface area contributed by atoms with E-state index in [2.05, 4.69) is 10.6 Å². The van der Waals surface area contributed by atoms with Gasteiger partial charge in [0.15, 0.2) is 5.11 Å². The molecule has 3 rings (SSSR count). The minimum Gasteiger partial charge on any atom is -0.349 e. The molecular formula is C23H27N3O2S. The third-order valence-electron chi connectivity index (χ3n) is 5.37. The first-order valence-electron chi connectivity index (χ1n) is 10.0. The number of carbonyl (C=O) groups excluding carboxylic acids is 2. The van der Waals surface area contributed by atoms with Crippen LogP contribution in [0.5, 0.6) is 0 Å². The lowest BCUT2D eigenvalue weighted by molar-refractivity contribution is 0.0927. The van der Waals surface area contributed by atoms with Crippen LogP contribution >= 0.6 is 12.2 Å². The quantitative estimate of drug-likeness (QED) is 0.743. The molecule has 0 aromatic heterocycles. The molecule has 0 saturated heterocycles. The van der Waals surface area contributed by atoms with Gasteiger partial charge in [0.05, 0.1) is 11.3 Å². The van der Waals surface area contributed by atoms with Crippen molar-refractivity contribution in [3.05, 3.63) is 65.2 Å². The van der Waals surface area contributed by atoms with Crippen molar-refractivity contribution in [2.45, 2.75) is 45.1 Å². The molecule has 29 heavy (non-hydrogen) atoms. The zero-order chi connectivity index (χ0) is 20.8. The number of hydrogen-bond acceptors (Lipinski definition) is 3. The monoisotopic (exact) mass is 409 g/mol. The standard InChI is InChI=1S/C23H27N3O2S/c1-16-10-6-7-13-18(16)21(27)25-23(29)26(2)20-15-9-8-14-19(20)22(28)24-17-11-4-3-5-12-17/h6-10,13-15,17H,3-5,11-12H2,1-2H3,(H,24,28)(H,25,27,29). The molecule has 0 unspecified atom stereocenters. The molecule has 5 nitrogen and oxygen atoms in total. The van der Waals surface area contributed by atoms with Crippen molar-refractivity contribution >= 4 is 34.8 Å². The number of amides is 2. The number of anilines is 1. The summed E-state index contributed by atoms with van der Waals surface area (Å²) in [6.45, 7) is 1.88. The van der Waals surface area contributed by atoms with Gasteiger partial charge in [-0.05, 0) is 55.7 Å². The summed E-state index contributed by atoms with van der Waals surface area (Å²) in [5, 5.41) is 6.16. The summed E-state index contributed by atoms with van der Waals surface area (Å²) in [6.07, 6.45) is 5.59. The number of nitrogens with one attached hydrogen (secondary N) is 2. The largest absolute Gasteiger partial charge is 0.349 e. The van der Waals surface area contributed by atoms with Gasteiger partial charge >= 0.3 is 0 Å². The average molecular weight is 410 g/mol. The molecule has 2 N–H and O–H groups in total. The summed E-state index contributed by atoms with van der Waals surface area (Å²) in [7, 11) is 1.76. The molecule has 152 valence electrons. The van der Waals surface area contributed by atoms with E-state index in [0.717, 1.165) is 31.2 Å². The van der Waals surface area contributed by atoms with Crippen molar-refractivity contribution in [3.8, 4) is 0 Å². The Labute approximate surface area is 177 Å². The van der Waals surface area contributed by atoms with Gasteiger partial charge in [0.25, 0.3) is 11.8 Å².